The van der Waals surface area contributed by atoms with Crippen LogP contribution in [0.25, 0.3) is 0 Å². The van der Waals surface area contributed by atoms with Crippen molar-refractivity contribution in [1.29, 1.82) is 0 Å². The molecule has 1 heterocycles. The number of anilines is 1. The monoisotopic (exact) mass is 560 g/mol. The molecule has 4 heteroatoms. The van der Waals surface area contributed by atoms with Crippen LogP contribution in [-0.2, 0) is 22.6 Å². The maximum absolute atomic E-state index is 14.1. The lowest BCUT2D eigenvalue weighted by atomic mass is 9.90. The van der Waals surface area contributed by atoms with Gasteiger partial charge in [0.2, 0.25) is 11.8 Å². The summed E-state index contributed by atoms with van der Waals surface area (Å²) in [5, 5.41) is 0. The van der Waals surface area contributed by atoms with E-state index in [1.165, 1.54) is 77.0 Å². The maximum atomic E-state index is 14.1. The number of hydrogen-bond acceptors (Lipinski definition) is 2. The van der Waals surface area contributed by atoms with Crippen molar-refractivity contribution in [3.8, 4) is 0 Å². The number of amides is 2. The average molecular weight is 561 g/mol. The minimum atomic E-state index is -0.628. The number of benzene rings is 2. The van der Waals surface area contributed by atoms with Crippen LogP contribution in [-0.4, -0.2) is 29.8 Å². The van der Waals surface area contributed by atoms with E-state index in [0.717, 1.165) is 55.6 Å². The summed E-state index contributed by atoms with van der Waals surface area (Å²) in [5.74, 6) is -0.639. The van der Waals surface area contributed by atoms with Gasteiger partial charge in [-0.15, -0.1) is 0 Å². The molecule has 0 N–H and O–H groups in total. The number of unbranched alkanes of at least 4 members (excludes halogenated alkanes) is 14. The molecule has 0 aromatic heterocycles. The Morgan fingerprint density at radius 3 is 1.73 bits per heavy atom. The summed E-state index contributed by atoms with van der Waals surface area (Å²) in [6.07, 6.45) is 20.5. The highest BCUT2D eigenvalue weighted by Crippen LogP contribution is 2.33. The van der Waals surface area contributed by atoms with Crippen molar-refractivity contribution in [3.63, 3.8) is 0 Å². The van der Waals surface area contributed by atoms with Gasteiger partial charge in [-0.2, -0.15) is 0 Å². The van der Waals surface area contributed by atoms with Gasteiger partial charge < -0.3 is 9.80 Å². The summed E-state index contributed by atoms with van der Waals surface area (Å²) in [4.78, 5) is 31.9. The molecule has 0 fully saturated rings. The zero-order valence-electron chi connectivity index (χ0n) is 26.1. The first-order valence-corrected chi connectivity index (χ1v) is 16.9. The van der Waals surface area contributed by atoms with Crippen LogP contribution in [0.5, 0.6) is 0 Å². The Morgan fingerprint density at radius 2 is 1.17 bits per heavy atom. The minimum Gasteiger partial charge on any atom is -0.342 e. The first kappa shape index (κ1) is 32.9. The number of carbonyl (C=O) groups is 2. The molecule has 226 valence electrons. The number of carbonyl (C=O) groups excluding carboxylic acids is 2. The molecular formula is C37H56N2O2. The van der Waals surface area contributed by atoms with Gasteiger partial charge in [0.15, 0.2) is 0 Å². The van der Waals surface area contributed by atoms with Crippen LogP contribution in [0, 0.1) is 5.92 Å². The summed E-state index contributed by atoms with van der Waals surface area (Å²) in [6.45, 7) is 6.56. The van der Waals surface area contributed by atoms with Crippen LogP contribution in [0.3, 0.4) is 0 Å². The summed E-state index contributed by atoms with van der Waals surface area (Å²) < 4.78 is 0. The lowest BCUT2D eigenvalue weighted by Gasteiger charge is -2.36. The van der Waals surface area contributed by atoms with Crippen molar-refractivity contribution in [2.24, 2.45) is 5.92 Å². The largest absolute Gasteiger partial charge is 0.342 e. The van der Waals surface area contributed by atoms with Gasteiger partial charge in [0.25, 0.3) is 0 Å². The van der Waals surface area contributed by atoms with Crippen molar-refractivity contribution in [1.82, 2.24) is 4.90 Å². The molecule has 0 saturated heterocycles. The number of para-hydroxylation sites is 1. The Morgan fingerprint density at radius 1 is 0.683 bits per heavy atom. The maximum Gasteiger partial charge on any atom is 0.240 e. The highest BCUT2D eigenvalue weighted by molar-refractivity contribution is 6.09. The number of fused-ring (bicyclic) bond motifs is 1. The fraction of sp³-hybridized carbons (Fsp3) is 0.622. The molecule has 0 bridgehead atoms. The first-order chi connectivity index (χ1) is 20.2. The molecule has 1 aliphatic rings. The van der Waals surface area contributed by atoms with E-state index in [4.69, 9.17) is 0 Å². The molecule has 0 saturated carbocycles. The van der Waals surface area contributed by atoms with Crippen molar-refractivity contribution >= 4 is 17.5 Å². The number of nitrogens with zero attached hydrogens (tertiary/aromatic N) is 2. The molecule has 1 unspecified atom stereocenters. The Hall–Kier alpha value is -2.62. The molecule has 2 aromatic carbocycles. The van der Waals surface area contributed by atoms with Crippen molar-refractivity contribution in [2.75, 3.05) is 18.0 Å². The van der Waals surface area contributed by atoms with E-state index in [0.29, 0.717) is 13.0 Å². The number of hydrogen-bond donors (Lipinski definition) is 0. The summed E-state index contributed by atoms with van der Waals surface area (Å²) in [6, 6.07) is 18.2. The second kappa shape index (κ2) is 19.5. The van der Waals surface area contributed by atoms with Gasteiger partial charge in [-0.05, 0) is 36.5 Å². The van der Waals surface area contributed by atoms with Crippen LogP contribution >= 0.6 is 0 Å². The van der Waals surface area contributed by atoms with E-state index < -0.39 is 5.92 Å². The number of rotatable bonds is 21. The molecule has 4 nitrogen and oxygen atoms in total. The molecule has 2 amide bonds. The zero-order chi connectivity index (χ0) is 29.1. The predicted octanol–water partition coefficient (Wildman–Crippen LogP) is 9.50. The van der Waals surface area contributed by atoms with Crippen LogP contribution < -0.4 is 4.90 Å². The molecule has 0 aliphatic carbocycles. The Labute approximate surface area is 250 Å². The van der Waals surface area contributed by atoms with Gasteiger partial charge >= 0.3 is 0 Å². The molecule has 1 atom stereocenters. The summed E-state index contributed by atoms with van der Waals surface area (Å²) in [7, 11) is 0. The zero-order valence-corrected chi connectivity index (χ0v) is 26.1. The molecule has 1 aliphatic heterocycles. The second-order valence-corrected chi connectivity index (χ2v) is 12.1. The molecule has 41 heavy (non-hydrogen) atoms. The van der Waals surface area contributed by atoms with Crippen LogP contribution in [0.4, 0.5) is 5.69 Å². The fourth-order valence-corrected chi connectivity index (χ4v) is 6.11. The van der Waals surface area contributed by atoms with E-state index in [1.807, 2.05) is 46.2 Å². The molecular weight excluding hydrogens is 504 g/mol. The molecule has 0 spiro atoms. The van der Waals surface area contributed by atoms with Crippen LogP contribution in [0.1, 0.15) is 128 Å². The standard InChI is InChI=1S/C37H56N2O2/c1-3-5-7-9-11-13-15-22-28-38(29-23-16-14-12-10-8-6-4-2)36(40)34-30-33-26-20-21-27-35(33)39(37(34)41)31-32-24-18-17-19-25-32/h17-21,24-27,34H,3-16,22-23,28-31H2,1-2H3. The minimum absolute atomic E-state index is 0.0356. The Kier molecular flexibility index (Phi) is 15.6. The molecule has 0 radical (unpaired) electrons. The Balaban J connectivity index is 1.62. The van der Waals surface area contributed by atoms with E-state index in [1.54, 1.807) is 0 Å². The quantitative estimate of drug-likeness (QED) is 0.113. The van der Waals surface area contributed by atoms with E-state index in [-0.39, 0.29) is 11.8 Å². The van der Waals surface area contributed by atoms with E-state index in [2.05, 4.69) is 32.0 Å². The second-order valence-electron chi connectivity index (χ2n) is 12.1. The Bertz CT molecular complexity index is 985. The van der Waals surface area contributed by atoms with Gasteiger partial charge in [0, 0.05) is 18.8 Å². The molecule has 2 aromatic rings. The lowest BCUT2D eigenvalue weighted by molar-refractivity contribution is -0.141. The smallest absolute Gasteiger partial charge is 0.240 e. The third-order valence-corrected chi connectivity index (χ3v) is 8.63. The van der Waals surface area contributed by atoms with Crippen LogP contribution in [0.15, 0.2) is 54.6 Å². The normalized spacial score (nSPS) is 14.7. The van der Waals surface area contributed by atoms with Gasteiger partial charge in [-0.25, -0.2) is 0 Å². The third kappa shape index (κ3) is 11.3. The summed E-state index contributed by atoms with van der Waals surface area (Å²) in [5.41, 5.74) is 3.13. The van der Waals surface area contributed by atoms with Crippen molar-refractivity contribution in [3.05, 3.63) is 65.7 Å². The van der Waals surface area contributed by atoms with Gasteiger partial charge in [0.1, 0.15) is 5.92 Å². The van der Waals surface area contributed by atoms with Crippen molar-refractivity contribution in [2.45, 2.75) is 130 Å². The van der Waals surface area contributed by atoms with Gasteiger partial charge in [0.05, 0.1) is 6.54 Å². The first-order valence-electron chi connectivity index (χ1n) is 16.9. The molecule has 3 rings (SSSR count). The average Bonchev–Trinajstić information content (AvgIpc) is 3.00. The SMILES string of the molecule is CCCCCCCCCCN(CCCCCCCCCC)C(=O)C1Cc2ccccc2N(Cc2ccccc2)C1=O. The lowest BCUT2D eigenvalue weighted by Crippen LogP contribution is -2.49. The van der Waals surface area contributed by atoms with Gasteiger partial charge in [-0.1, -0.05) is 152 Å². The predicted molar refractivity (Wildman–Crippen MR) is 173 cm³/mol. The van der Waals surface area contributed by atoms with E-state index >= 15 is 0 Å². The third-order valence-electron chi connectivity index (χ3n) is 8.63. The van der Waals surface area contributed by atoms with Crippen LogP contribution in [0.2, 0.25) is 0 Å². The highest BCUT2D eigenvalue weighted by atomic mass is 16.2. The summed E-state index contributed by atoms with van der Waals surface area (Å²) >= 11 is 0. The highest BCUT2D eigenvalue weighted by Gasteiger charge is 2.39. The topological polar surface area (TPSA) is 40.6 Å². The van der Waals surface area contributed by atoms with E-state index in [9.17, 15) is 9.59 Å². The van der Waals surface area contributed by atoms with Gasteiger partial charge in [-0.3, -0.25) is 9.59 Å². The fourth-order valence-electron chi connectivity index (χ4n) is 6.11. The van der Waals surface area contributed by atoms with Crippen molar-refractivity contribution < 1.29 is 9.59 Å².